The molecule has 3 rings (SSSR count). The highest BCUT2D eigenvalue weighted by Crippen LogP contribution is 2.24. The summed E-state index contributed by atoms with van der Waals surface area (Å²) in [6.07, 6.45) is 1.75. The quantitative estimate of drug-likeness (QED) is 0.745. The summed E-state index contributed by atoms with van der Waals surface area (Å²) in [7, 11) is -0.231. The molecule has 0 atom stereocenters. The van der Waals surface area contributed by atoms with Gasteiger partial charge in [0.15, 0.2) is 0 Å². The Kier molecular flexibility index (Phi) is 6.05. The van der Waals surface area contributed by atoms with E-state index in [1.165, 1.54) is 10.4 Å². The lowest BCUT2D eigenvalue weighted by Gasteiger charge is -2.20. The van der Waals surface area contributed by atoms with Gasteiger partial charge in [-0.25, -0.2) is 8.42 Å². The van der Waals surface area contributed by atoms with Crippen LogP contribution in [0.3, 0.4) is 0 Å². The van der Waals surface area contributed by atoms with Crippen LogP contribution in [0.5, 0.6) is 5.75 Å². The molecule has 0 spiro atoms. The Balaban J connectivity index is 1.82. The molecule has 7 heteroatoms. The lowest BCUT2D eigenvalue weighted by molar-refractivity contribution is 0.0784. The molecule has 1 amide bonds. The van der Waals surface area contributed by atoms with Gasteiger partial charge in [-0.05, 0) is 55.2 Å². The molecule has 0 bridgehead atoms. The summed E-state index contributed by atoms with van der Waals surface area (Å²) < 4.78 is 32.3. The summed E-state index contributed by atoms with van der Waals surface area (Å²) in [4.78, 5) is 14.8. The monoisotopic (exact) mass is 402 g/mol. The fourth-order valence-electron chi connectivity index (χ4n) is 3.35. The molecule has 150 valence electrons. The van der Waals surface area contributed by atoms with Gasteiger partial charge in [-0.15, -0.1) is 0 Å². The van der Waals surface area contributed by atoms with Crippen molar-refractivity contribution in [2.24, 2.45) is 0 Å². The second kappa shape index (κ2) is 8.32. The highest BCUT2D eigenvalue weighted by molar-refractivity contribution is 7.89. The first-order valence-corrected chi connectivity index (χ1v) is 10.8. The number of benzene rings is 2. The summed E-state index contributed by atoms with van der Waals surface area (Å²) in [5.41, 5.74) is 2.14. The van der Waals surface area contributed by atoms with Crippen LogP contribution >= 0.6 is 0 Å². The standard InChI is InChI=1S/C21H26N2O4S/c1-16-6-11-19(28(25,26)23-12-4-5-13-23)14-20(16)21(24)22(2)15-17-7-9-18(27-3)10-8-17/h6-11,14H,4-5,12-13,15H2,1-3H3. The van der Waals surface area contributed by atoms with Gasteiger partial charge in [-0.1, -0.05) is 18.2 Å². The van der Waals surface area contributed by atoms with Crippen LogP contribution < -0.4 is 4.74 Å². The average molecular weight is 403 g/mol. The van der Waals surface area contributed by atoms with E-state index in [9.17, 15) is 13.2 Å². The zero-order valence-corrected chi connectivity index (χ0v) is 17.3. The van der Waals surface area contributed by atoms with Crippen LogP contribution in [0.4, 0.5) is 0 Å². The molecule has 1 saturated heterocycles. The molecule has 1 aliphatic rings. The minimum absolute atomic E-state index is 0.182. The van der Waals surface area contributed by atoms with Crippen LogP contribution in [0.25, 0.3) is 0 Å². The lowest BCUT2D eigenvalue weighted by Crippen LogP contribution is -2.29. The number of aryl methyl sites for hydroxylation is 1. The van der Waals surface area contributed by atoms with Crippen molar-refractivity contribution < 1.29 is 17.9 Å². The molecule has 1 fully saturated rings. The molecule has 1 heterocycles. The fourth-order valence-corrected chi connectivity index (χ4v) is 4.90. The van der Waals surface area contributed by atoms with Crippen LogP contribution in [0.1, 0.15) is 34.3 Å². The number of carbonyl (C=O) groups excluding carboxylic acids is 1. The zero-order valence-electron chi connectivity index (χ0n) is 16.5. The van der Waals surface area contributed by atoms with E-state index in [-0.39, 0.29) is 10.8 Å². The number of sulfonamides is 1. The van der Waals surface area contributed by atoms with Crippen LogP contribution in [-0.2, 0) is 16.6 Å². The SMILES string of the molecule is COc1ccc(CN(C)C(=O)c2cc(S(=O)(=O)N3CCCC3)ccc2C)cc1. The Morgan fingerprint density at radius 1 is 1.11 bits per heavy atom. The smallest absolute Gasteiger partial charge is 0.254 e. The molecule has 1 aliphatic heterocycles. The van der Waals surface area contributed by atoms with E-state index >= 15 is 0 Å². The summed E-state index contributed by atoms with van der Waals surface area (Å²) in [6.45, 7) is 3.32. The molecule has 28 heavy (non-hydrogen) atoms. The summed E-state index contributed by atoms with van der Waals surface area (Å²) >= 11 is 0. The fraction of sp³-hybridized carbons (Fsp3) is 0.381. The van der Waals surface area contributed by atoms with E-state index in [1.807, 2.05) is 31.2 Å². The second-order valence-electron chi connectivity index (χ2n) is 7.10. The summed E-state index contributed by atoms with van der Waals surface area (Å²) in [5, 5.41) is 0. The first-order valence-electron chi connectivity index (χ1n) is 9.32. The Bertz CT molecular complexity index is 949. The molecule has 2 aromatic carbocycles. The molecule has 0 saturated carbocycles. The average Bonchev–Trinajstić information content (AvgIpc) is 3.24. The first kappa shape index (κ1) is 20.4. The largest absolute Gasteiger partial charge is 0.497 e. The Morgan fingerprint density at radius 3 is 2.36 bits per heavy atom. The van der Waals surface area contributed by atoms with Crippen LogP contribution in [0.2, 0.25) is 0 Å². The van der Waals surface area contributed by atoms with Gasteiger partial charge in [0.25, 0.3) is 5.91 Å². The molecular weight excluding hydrogens is 376 g/mol. The van der Waals surface area contributed by atoms with E-state index < -0.39 is 10.0 Å². The van der Waals surface area contributed by atoms with Crippen LogP contribution in [-0.4, -0.2) is 50.8 Å². The maximum atomic E-state index is 13.0. The minimum Gasteiger partial charge on any atom is -0.497 e. The predicted octanol–water partition coefficient (Wildman–Crippen LogP) is 3.06. The molecule has 0 aromatic heterocycles. The lowest BCUT2D eigenvalue weighted by atomic mass is 10.1. The van der Waals surface area contributed by atoms with E-state index in [0.29, 0.717) is 25.2 Å². The van der Waals surface area contributed by atoms with Crippen molar-refractivity contribution in [1.29, 1.82) is 0 Å². The van der Waals surface area contributed by atoms with E-state index in [2.05, 4.69) is 0 Å². The van der Waals surface area contributed by atoms with Gasteiger partial charge in [0.2, 0.25) is 10.0 Å². The maximum Gasteiger partial charge on any atom is 0.254 e. The van der Waals surface area contributed by atoms with Crippen molar-refractivity contribution in [2.75, 3.05) is 27.2 Å². The van der Waals surface area contributed by atoms with Crippen molar-refractivity contribution in [3.05, 3.63) is 59.2 Å². The number of carbonyl (C=O) groups is 1. The third kappa shape index (κ3) is 4.20. The van der Waals surface area contributed by atoms with Gasteiger partial charge in [0.05, 0.1) is 12.0 Å². The number of rotatable bonds is 6. The number of nitrogens with zero attached hydrogens (tertiary/aromatic N) is 2. The molecule has 6 nitrogen and oxygen atoms in total. The topological polar surface area (TPSA) is 66.9 Å². The molecule has 0 N–H and O–H groups in total. The van der Waals surface area contributed by atoms with Crippen molar-refractivity contribution in [3.63, 3.8) is 0 Å². The van der Waals surface area contributed by atoms with Crippen molar-refractivity contribution in [1.82, 2.24) is 9.21 Å². The van der Waals surface area contributed by atoms with Gasteiger partial charge in [0, 0.05) is 32.2 Å². The van der Waals surface area contributed by atoms with Crippen molar-refractivity contribution >= 4 is 15.9 Å². The molecule has 0 aliphatic carbocycles. The Hall–Kier alpha value is -2.38. The molecule has 0 radical (unpaired) electrons. The maximum absolute atomic E-state index is 13.0. The van der Waals surface area contributed by atoms with E-state index in [1.54, 1.807) is 31.2 Å². The normalized spacial score (nSPS) is 14.8. The van der Waals surface area contributed by atoms with Crippen LogP contribution in [0.15, 0.2) is 47.4 Å². The number of hydrogen-bond acceptors (Lipinski definition) is 4. The Morgan fingerprint density at radius 2 is 1.75 bits per heavy atom. The highest BCUT2D eigenvalue weighted by atomic mass is 32.2. The number of amides is 1. The van der Waals surface area contributed by atoms with Gasteiger partial charge in [-0.2, -0.15) is 4.31 Å². The number of hydrogen-bond donors (Lipinski definition) is 0. The minimum atomic E-state index is -3.56. The Labute approximate surface area is 166 Å². The zero-order chi connectivity index (χ0) is 20.3. The molecular formula is C21H26N2O4S. The van der Waals surface area contributed by atoms with E-state index in [0.717, 1.165) is 29.7 Å². The molecule has 0 unspecified atom stereocenters. The number of ether oxygens (including phenoxy) is 1. The molecule has 2 aromatic rings. The summed E-state index contributed by atoms with van der Waals surface area (Å²) in [5.74, 6) is 0.556. The van der Waals surface area contributed by atoms with Gasteiger partial charge in [0.1, 0.15) is 5.75 Å². The third-order valence-electron chi connectivity index (χ3n) is 5.07. The van der Waals surface area contributed by atoms with Crippen molar-refractivity contribution in [2.45, 2.75) is 31.2 Å². The van der Waals surface area contributed by atoms with E-state index in [4.69, 9.17) is 4.74 Å². The van der Waals surface area contributed by atoms with Gasteiger partial charge in [-0.3, -0.25) is 4.79 Å². The predicted molar refractivity (Wildman–Crippen MR) is 108 cm³/mol. The second-order valence-corrected chi connectivity index (χ2v) is 9.04. The van der Waals surface area contributed by atoms with Gasteiger partial charge < -0.3 is 9.64 Å². The van der Waals surface area contributed by atoms with Gasteiger partial charge >= 0.3 is 0 Å². The highest BCUT2D eigenvalue weighted by Gasteiger charge is 2.28. The first-order chi connectivity index (χ1) is 13.3. The number of methoxy groups -OCH3 is 1. The summed E-state index contributed by atoms with van der Waals surface area (Å²) in [6, 6.07) is 12.3. The van der Waals surface area contributed by atoms with Crippen molar-refractivity contribution in [3.8, 4) is 5.75 Å². The van der Waals surface area contributed by atoms with Crippen LogP contribution in [0, 0.1) is 6.92 Å². The third-order valence-corrected chi connectivity index (χ3v) is 6.96.